The molecule has 1 aliphatic heterocycles. The van der Waals surface area contributed by atoms with Gasteiger partial charge in [-0.2, -0.15) is 0 Å². The van der Waals surface area contributed by atoms with Gasteiger partial charge in [0.25, 0.3) is 0 Å². The number of benzene rings is 2. The van der Waals surface area contributed by atoms with Gasteiger partial charge in [0.15, 0.2) is 0 Å². The zero-order chi connectivity index (χ0) is 22.9. The van der Waals surface area contributed by atoms with Crippen molar-refractivity contribution in [3.8, 4) is 0 Å². The Hall–Kier alpha value is -4.26. The Bertz CT molecular complexity index is 1350. The van der Waals surface area contributed by atoms with Crippen molar-refractivity contribution in [1.82, 2.24) is 14.9 Å². The minimum atomic E-state index is -0.428. The molecule has 2 amide bonds. The lowest BCUT2D eigenvalue weighted by atomic mass is 10.1. The standard InChI is InChI=1S/C26H22N4O3/c1-17(22-14-11-18-6-3-4-8-23(18)28-22)29-16-20-7-5-15-27-24(20)30(26(29)32)21-12-9-19(10-13-21)25(31)33-2/h3-15,17H,16H2,1-2H3. The van der Waals surface area contributed by atoms with Crippen molar-refractivity contribution in [3.05, 3.63) is 95.8 Å². The SMILES string of the molecule is COC(=O)c1ccc(N2C(=O)N(C(C)c3ccc4ccccc4n3)Cc3cccnc32)cc1. The molecule has 3 heterocycles. The molecule has 2 aromatic heterocycles. The van der Waals surface area contributed by atoms with Gasteiger partial charge >= 0.3 is 12.0 Å². The number of nitrogens with zero attached hydrogens (tertiary/aromatic N) is 4. The van der Waals surface area contributed by atoms with Gasteiger partial charge in [-0.3, -0.25) is 4.98 Å². The van der Waals surface area contributed by atoms with Gasteiger partial charge in [-0.1, -0.05) is 30.3 Å². The number of para-hydroxylation sites is 1. The minimum Gasteiger partial charge on any atom is -0.465 e. The topological polar surface area (TPSA) is 75.6 Å². The number of carbonyl (C=O) groups excluding carboxylic acids is 2. The third-order valence-electron chi connectivity index (χ3n) is 5.92. The molecule has 2 aromatic carbocycles. The summed E-state index contributed by atoms with van der Waals surface area (Å²) < 4.78 is 4.78. The van der Waals surface area contributed by atoms with Crippen LogP contribution in [-0.2, 0) is 11.3 Å². The monoisotopic (exact) mass is 438 g/mol. The Kier molecular flexibility index (Phi) is 5.22. The summed E-state index contributed by atoms with van der Waals surface area (Å²) in [6.07, 6.45) is 1.67. The van der Waals surface area contributed by atoms with E-state index in [1.807, 2.05) is 55.5 Å². The Morgan fingerprint density at radius 3 is 2.58 bits per heavy atom. The Balaban J connectivity index is 1.53. The molecule has 0 saturated carbocycles. The highest BCUT2D eigenvalue weighted by Crippen LogP contribution is 2.36. The van der Waals surface area contributed by atoms with Crippen LogP contribution in [0.15, 0.2) is 79.0 Å². The first-order valence-corrected chi connectivity index (χ1v) is 10.7. The van der Waals surface area contributed by atoms with Crippen molar-refractivity contribution in [3.63, 3.8) is 0 Å². The van der Waals surface area contributed by atoms with Crippen LogP contribution in [0.3, 0.4) is 0 Å². The van der Waals surface area contributed by atoms with E-state index >= 15 is 0 Å². The summed E-state index contributed by atoms with van der Waals surface area (Å²) in [6.45, 7) is 2.41. The second-order valence-electron chi connectivity index (χ2n) is 7.88. The molecule has 0 radical (unpaired) electrons. The van der Waals surface area contributed by atoms with E-state index in [0.29, 0.717) is 23.6 Å². The smallest absolute Gasteiger partial charge is 0.337 e. The number of rotatable bonds is 4. The van der Waals surface area contributed by atoms with Crippen LogP contribution in [0.25, 0.3) is 10.9 Å². The number of methoxy groups -OCH3 is 1. The van der Waals surface area contributed by atoms with Gasteiger partial charge in [0.1, 0.15) is 5.82 Å². The second-order valence-corrected chi connectivity index (χ2v) is 7.88. The summed E-state index contributed by atoms with van der Waals surface area (Å²) in [7, 11) is 1.34. The van der Waals surface area contributed by atoms with Crippen LogP contribution in [-0.4, -0.2) is 34.0 Å². The number of aromatic nitrogens is 2. The molecule has 1 atom stereocenters. The maximum atomic E-state index is 13.7. The second kappa shape index (κ2) is 8.35. The quantitative estimate of drug-likeness (QED) is 0.407. The van der Waals surface area contributed by atoms with Crippen molar-refractivity contribution >= 4 is 34.4 Å². The molecular formula is C26H22N4O3. The van der Waals surface area contributed by atoms with E-state index in [0.717, 1.165) is 22.2 Å². The van der Waals surface area contributed by atoms with Crippen LogP contribution in [0.1, 0.15) is 34.6 Å². The summed E-state index contributed by atoms with van der Waals surface area (Å²) in [5, 5.41) is 1.06. The largest absolute Gasteiger partial charge is 0.465 e. The zero-order valence-corrected chi connectivity index (χ0v) is 18.3. The van der Waals surface area contributed by atoms with Crippen LogP contribution < -0.4 is 4.90 Å². The van der Waals surface area contributed by atoms with Crippen molar-refractivity contribution in [2.75, 3.05) is 12.0 Å². The first kappa shape index (κ1) is 20.6. The predicted molar refractivity (Wildman–Crippen MR) is 125 cm³/mol. The molecule has 7 heteroatoms. The highest BCUT2D eigenvalue weighted by molar-refractivity contribution is 6.01. The number of hydrogen-bond acceptors (Lipinski definition) is 5. The van der Waals surface area contributed by atoms with E-state index in [1.165, 1.54) is 7.11 Å². The maximum Gasteiger partial charge on any atom is 0.337 e. The number of anilines is 2. The van der Waals surface area contributed by atoms with E-state index in [4.69, 9.17) is 9.72 Å². The summed E-state index contributed by atoms with van der Waals surface area (Å²) in [5.41, 5.74) is 3.68. The molecule has 0 aliphatic carbocycles. The van der Waals surface area contributed by atoms with Crippen molar-refractivity contribution in [2.24, 2.45) is 0 Å². The Morgan fingerprint density at radius 2 is 1.79 bits per heavy atom. The molecule has 0 bridgehead atoms. The number of ether oxygens (including phenoxy) is 1. The first-order valence-electron chi connectivity index (χ1n) is 10.7. The molecule has 0 N–H and O–H groups in total. The molecule has 1 unspecified atom stereocenters. The first-order chi connectivity index (χ1) is 16.1. The van der Waals surface area contributed by atoms with E-state index in [1.54, 1.807) is 40.3 Å². The molecule has 33 heavy (non-hydrogen) atoms. The number of hydrogen-bond donors (Lipinski definition) is 0. The molecule has 164 valence electrons. The van der Waals surface area contributed by atoms with Gasteiger partial charge in [0.05, 0.1) is 42.2 Å². The number of amides is 2. The number of fused-ring (bicyclic) bond motifs is 2. The van der Waals surface area contributed by atoms with Gasteiger partial charge < -0.3 is 9.64 Å². The molecule has 0 saturated heterocycles. The lowest BCUT2D eigenvalue weighted by molar-refractivity contribution is 0.0600. The number of urea groups is 1. The zero-order valence-electron chi connectivity index (χ0n) is 18.3. The molecule has 0 fully saturated rings. The maximum absolute atomic E-state index is 13.7. The molecular weight excluding hydrogens is 416 g/mol. The fraction of sp³-hybridized carbons (Fsp3) is 0.154. The fourth-order valence-electron chi connectivity index (χ4n) is 4.10. The molecule has 4 aromatic rings. The molecule has 1 aliphatic rings. The van der Waals surface area contributed by atoms with Gasteiger partial charge in [0.2, 0.25) is 0 Å². The van der Waals surface area contributed by atoms with E-state index in [2.05, 4.69) is 4.98 Å². The van der Waals surface area contributed by atoms with Crippen LogP contribution in [0.4, 0.5) is 16.3 Å². The highest BCUT2D eigenvalue weighted by Gasteiger charge is 2.35. The third kappa shape index (κ3) is 3.67. The number of esters is 1. The Morgan fingerprint density at radius 1 is 1.00 bits per heavy atom. The predicted octanol–water partition coefficient (Wildman–Crippen LogP) is 5.25. The van der Waals surface area contributed by atoms with Crippen molar-refractivity contribution in [1.29, 1.82) is 0 Å². The van der Waals surface area contributed by atoms with Crippen LogP contribution >= 0.6 is 0 Å². The lowest BCUT2D eigenvalue weighted by Gasteiger charge is -2.39. The average molecular weight is 438 g/mol. The normalized spacial score (nSPS) is 14.2. The van der Waals surface area contributed by atoms with Crippen LogP contribution in [0, 0.1) is 0 Å². The van der Waals surface area contributed by atoms with Crippen LogP contribution in [0.2, 0.25) is 0 Å². The molecule has 5 rings (SSSR count). The fourth-order valence-corrected chi connectivity index (χ4v) is 4.10. The van der Waals surface area contributed by atoms with E-state index in [9.17, 15) is 9.59 Å². The molecule has 7 nitrogen and oxygen atoms in total. The summed E-state index contributed by atoms with van der Waals surface area (Å²) >= 11 is 0. The van der Waals surface area contributed by atoms with Gasteiger partial charge in [-0.15, -0.1) is 0 Å². The highest BCUT2D eigenvalue weighted by atomic mass is 16.5. The summed E-state index contributed by atoms with van der Waals surface area (Å²) in [6, 6.07) is 22.0. The summed E-state index contributed by atoms with van der Waals surface area (Å²) in [4.78, 5) is 38.2. The summed E-state index contributed by atoms with van der Waals surface area (Å²) in [5.74, 6) is 0.158. The van der Waals surface area contributed by atoms with Gasteiger partial charge in [0, 0.05) is 17.1 Å². The third-order valence-corrected chi connectivity index (χ3v) is 5.92. The van der Waals surface area contributed by atoms with E-state index in [-0.39, 0.29) is 12.1 Å². The lowest BCUT2D eigenvalue weighted by Crippen LogP contribution is -2.46. The van der Waals surface area contributed by atoms with Gasteiger partial charge in [-0.25, -0.2) is 19.5 Å². The molecule has 0 spiro atoms. The average Bonchev–Trinajstić information content (AvgIpc) is 2.87. The Labute approximate surface area is 191 Å². The minimum absolute atomic E-state index is 0.200. The van der Waals surface area contributed by atoms with Crippen molar-refractivity contribution in [2.45, 2.75) is 19.5 Å². The van der Waals surface area contributed by atoms with Crippen LogP contribution in [0.5, 0.6) is 0 Å². The van der Waals surface area contributed by atoms with Crippen molar-refractivity contribution < 1.29 is 14.3 Å². The number of carbonyl (C=O) groups is 2. The number of pyridine rings is 2. The van der Waals surface area contributed by atoms with Gasteiger partial charge in [-0.05, 0) is 49.4 Å². The van der Waals surface area contributed by atoms with E-state index < -0.39 is 5.97 Å².